The van der Waals surface area contributed by atoms with Gasteiger partial charge in [0.2, 0.25) is 5.91 Å². The summed E-state index contributed by atoms with van der Waals surface area (Å²) in [6.45, 7) is -0.664. The third-order valence-electron chi connectivity index (χ3n) is 2.95. The second-order valence-corrected chi connectivity index (χ2v) is 4.26. The maximum atomic E-state index is 12.0. The average Bonchev–Trinajstić information content (AvgIpc) is 2.82. The maximum absolute atomic E-state index is 12.0. The molecule has 5 N–H and O–H groups in total. The lowest BCUT2D eigenvalue weighted by Gasteiger charge is -2.18. The maximum Gasteiger partial charge on any atom is 0.257 e. The van der Waals surface area contributed by atoms with E-state index in [1.807, 2.05) is 0 Å². The van der Waals surface area contributed by atoms with Crippen LogP contribution in [0, 0.1) is 5.92 Å². The summed E-state index contributed by atoms with van der Waals surface area (Å²) in [5.41, 5.74) is 5.76. The topological polar surface area (TPSA) is 126 Å². The third-order valence-corrected chi connectivity index (χ3v) is 2.95. The van der Waals surface area contributed by atoms with Crippen LogP contribution in [0.1, 0.15) is 10.4 Å². The number of nitrogens with one attached hydrogen (secondary N) is 1. The number of aliphatic hydroxyl groups excluding tert-OH is 2. The van der Waals surface area contributed by atoms with Crippen LogP contribution in [-0.2, 0) is 4.79 Å². The van der Waals surface area contributed by atoms with Crippen molar-refractivity contribution in [3.8, 4) is 0 Å². The zero-order chi connectivity index (χ0) is 14.7. The van der Waals surface area contributed by atoms with Gasteiger partial charge in [-0.05, 0) is 6.07 Å². The largest absolute Gasteiger partial charge is 0.463 e. The monoisotopic (exact) mass is 278 g/mol. The Balaban J connectivity index is 2.18. The number of para-hydroxylation sites is 1. The summed E-state index contributed by atoms with van der Waals surface area (Å²) in [6.07, 6.45) is -0.316. The van der Waals surface area contributed by atoms with Gasteiger partial charge in [0, 0.05) is 5.39 Å². The molecule has 1 aromatic heterocycles. The van der Waals surface area contributed by atoms with Crippen molar-refractivity contribution in [1.82, 2.24) is 5.32 Å². The molecule has 0 radical (unpaired) electrons. The lowest BCUT2D eigenvalue weighted by atomic mass is 10.1. The predicted octanol–water partition coefficient (Wildman–Crippen LogP) is -0.425. The van der Waals surface area contributed by atoms with Gasteiger partial charge in [0.1, 0.15) is 24.0 Å². The Bertz CT molecular complexity index is 636. The van der Waals surface area contributed by atoms with Gasteiger partial charge >= 0.3 is 0 Å². The normalized spacial score (nSPS) is 13.9. The molecule has 0 aliphatic carbocycles. The minimum atomic E-state index is -1.57. The smallest absolute Gasteiger partial charge is 0.257 e. The first kappa shape index (κ1) is 14.0. The van der Waals surface area contributed by atoms with Gasteiger partial charge in [0.15, 0.2) is 0 Å². The van der Waals surface area contributed by atoms with Crippen molar-refractivity contribution in [2.45, 2.75) is 6.23 Å². The molecule has 1 aromatic carbocycles. The van der Waals surface area contributed by atoms with E-state index in [4.69, 9.17) is 15.3 Å². The number of hydrogen-bond donors (Lipinski definition) is 4. The van der Waals surface area contributed by atoms with E-state index >= 15 is 0 Å². The van der Waals surface area contributed by atoms with Gasteiger partial charge in [-0.3, -0.25) is 9.59 Å². The fraction of sp³-hybridized carbons (Fsp3) is 0.231. The Morgan fingerprint density at radius 1 is 1.35 bits per heavy atom. The molecule has 2 amide bonds. The summed E-state index contributed by atoms with van der Waals surface area (Å²) < 4.78 is 5.20. The molecule has 20 heavy (non-hydrogen) atoms. The van der Waals surface area contributed by atoms with E-state index in [2.05, 4.69) is 5.32 Å². The highest BCUT2D eigenvalue weighted by atomic mass is 16.3. The third kappa shape index (κ3) is 2.63. The summed E-state index contributed by atoms with van der Waals surface area (Å²) in [7, 11) is 0. The lowest BCUT2D eigenvalue weighted by molar-refractivity contribution is -0.127. The molecule has 0 fully saturated rings. The summed E-state index contributed by atoms with van der Waals surface area (Å²) in [6, 6.07) is 6.89. The molecule has 7 heteroatoms. The van der Waals surface area contributed by atoms with E-state index in [1.54, 1.807) is 24.3 Å². The minimum absolute atomic E-state index is 0.223. The first-order valence-corrected chi connectivity index (χ1v) is 5.90. The number of hydrogen-bond acceptors (Lipinski definition) is 5. The Labute approximate surface area is 114 Å². The van der Waals surface area contributed by atoms with Gasteiger partial charge in [-0.2, -0.15) is 0 Å². The molecule has 2 rings (SSSR count). The van der Waals surface area contributed by atoms with Crippen LogP contribution in [0.25, 0.3) is 11.0 Å². The van der Waals surface area contributed by atoms with E-state index < -0.39 is 30.6 Å². The molecule has 2 aromatic rings. The Morgan fingerprint density at radius 3 is 2.70 bits per heavy atom. The van der Waals surface area contributed by atoms with Crippen molar-refractivity contribution in [3.63, 3.8) is 0 Å². The van der Waals surface area contributed by atoms with E-state index in [1.165, 1.54) is 6.26 Å². The molecular weight excluding hydrogens is 264 g/mol. The molecule has 0 unspecified atom stereocenters. The quantitative estimate of drug-likeness (QED) is 0.552. The summed E-state index contributed by atoms with van der Waals surface area (Å²) >= 11 is 0. The number of rotatable bonds is 5. The Morgan fingerprint density at radius 2 is 2.05 bits per heavy atom. The number of carbonyl (C=O) groups excluding carboxylic acids is 2. The Kier molecular flexibility index (Phi) is 4.02. The zero-order valence-electron chi connectivity index (χ0n) is 10.4. The number of amides is 2. The van der Waals surface area contributed by atoms with Gasteiger partial charge in [-0.15, -0.1) is 0 Å². The summed E-state index contributed by atoms with van der Waals surface area (Å²) in [5, 5.41) is 21.4. The van der Waals surface area contributed by atoms with Gasteiger partial charge < -0.3 is 25.7 Å². The van der Waals surface area contributed by atoms with E-state index in [9.17, 15) is 14.7 Å². The molecule has 106 valence electrons. The van der Waals surface area contributed by atoms with Gasteiger partial charge in [0.25, 0.3) is 5.91 Å². The van der Waals surface area contributed by atoms with E-state index in [0.717, 1.165) is 0 Å². The summed E-state index contributed by atoms with van der Waals surface area (Å²) in [5.74, 6) is -2.79. The van der Waals surface area contributed by atoms with Crippen LogP contribution in [0.2, 0.25) is 0 Å². The lowest BCUT2D eigenvalue weighted by Crippen LogP contribution is -2.46. The first-order chi connectivity index (χ1) is 9.54. The number of furan rings is 1. The molecule has 7 nitrogen and oxygen atoms in total. The van der Waals surface area contributed by atoms with Crippen molar-refractivity contribution in [3.05, 3.63) is 36.1 Å². The number of carbonyl (C=O) groups is 2. The van der Waals surface area contributed by atoms with Crippen molar-refractivity contribution < 1.29 is 24.2 Å². The van der Waals surface area contributed by atoms with Crippen LogP contribution in [0.4, 0.5) is 0 Å². The molecule has 0 bridgehead atoms. The van der Waals surface area contributed by atoms with E-state index in [-0.39, 0.29) is 5.56 Å². The van der Waals surface area contributed by atoms with Crippen LogP contribution < -0.4 is 11.1 Å². The standard InChI is InChI=1S/C13H14N2O5/c14-11(17)8(5-16)12(18)15-13(19)9-6-20-10-4-2-1-3-7(9)10/h1-4,6,8,12,16,18H,5H2,(H2,14,17)(H,15,19)/t8-,12+/m1/s1. The molecule has 0 saturated heterocycles. The number of fused-ring (bicyclic) bond motifs is 1. The van der Waals surface area contributed by atoms with Crippen molar-refractivity contribution >= 4 is 22.8 Å². The Hall–Kier alpha value is -2.38. The first-order valence-electron chi connectivity index (χ1n) is 5.90. The molecule has 0 aliphatic heterocycles. The highest BCUT2D eigenvalue weighted by Gasteiger charge is 2.26. The minimum Gasteiger partial charge on any atom is -0.463 e. The van der Waals surface area contributed by atoms with Crippen molar-refractivity contribution in [2.24, 2.45) is 11.7 Å². The van der Waals surface area contributed by atoms with Crippen molar-refractivity contribution in [1.29, 1.82) is 0 Å². The van der Waals surface area contributed by atoms with Gasteiger partial charge in [-0.1, -0.05) is 18.2 Å². The second-order valence-electron chi connectivity index (χ2n) is 4.26. The van der Waals surface area contributed by atoms with Crippen LogP contribution in [0.15, 0.2) is 34.9 Å². The molecular formula is C13H14N2O5. The number of aliphatic hydroxyl groups is 2. The predicted molar refractivity (Wildman–Crippen MR) is 69.5 cm³/mol. The van der Waals surface area contributed by atoms with Crippen LogP contribution >= 0.6 is 0 Å². The van der Waals surface area contributed by atoms with Gasteiger partial charge in [-0.25, -0.2) is 0 Å². The van der Waals surface area contributed by atoms with Crippen molar-refractivity contribution in [2.75, 3.05) is 6.61 Å². The average molecular weight is 278 g/mol. The van der Waals surface area contributed by atoms with E-state index in [0.29, 0.717) is 11.0 Å². The number of primary amides is 1. The van der Waals surface area contributed by atoms with Crippen LogP contribution in [-0.4, -0.2) is 34.9 Å². The highest BCUT2D eigenvalue weighted by molar-refractivity contribution is 6.06. The number of benzene rings is 1. The molecule has 0 saturated carbocycles. The molecule has 0 aliphatic rings. The zero-order valence-corrected chi connectivity index (χ0v) is 10.4. The SMILES string of the molecule is NC(=O)[C@@H](CO)[C@H](O)NC(=O)c1coc2ccccc12. The van der Waals surface area contributed by atoms with Crippen LogP contribution in [0.5, 0.6) is 0 Å². The molecule has 0 spiro atoms. The van der Waals surface area contributed by atoms with Crippen LogP contribution in [0.3, 0.4) is 0 Å². The molecule has 2 atom stereocenters. The molecule has 1 heterocycles. The summed E-state index contributed by atoms with van der Waals surface area (Å²) in [4.78, 5) is 23.0. The highest BCUT2D eigenvalue weighted by Crippen LogP contribution is 2.20. The second kappa shape index (κ2) is 5.72. The fourth-order valence-corrected chi connectivity index (χ4v) is 1.81. The fourth-order valence-electron chi connectivity index (χ4n) is 1.81. The van der Waals surface area contributed by atoms with Gasteiger partial charge in [0.05, 0.1) is 12.2 Å². The number of nitrogens with two attached hydrogens (primary N) is 1.